The van der Waals surface area contributed by atoms with Gasteiger partial charge in [0.25, 0.3) is 0 Å². The fraction of sp³-hybridized carbons (Fsp3) is 0.514. The molecule has 2 amide bonds. The molecule has 3 N–H and O–H groups in total. The van der Waals surface area contributed by atoms with Crippen LogP contribution in [0.2, 0.25) is 0 Å². The molecule has 1 atom stereocenters. The van der Waals surface area contributed by atoms with Gasteiger partial charge in [-0.15, -0.1) is 0 Å². The minimum atomic E-state index is -0.350. The molecule has 2 aromatic carbocycles. The summed E-state index contributed by atoms with van der Waals surface area (Å²) in [6.07, 6.45) is 7.22. The van der Waals surface area contributed by atoms with Crippen molar-refractivity contribution in [3.05, 3.63) is 71.4 Å². The number of rotatable bonds is 7. The molecular formula is C35H47N5O2. The number of amides is 2. The van der Waals surface area contributed by atoms with E-state index in [0.717, 1.165) is 74.1 Å². The van der Waals surface area contributed by atoms with Crippen LogP contribution in [0.4, 0.5) is 16.3 Å². The van der Waals surface area contributed by atoms with Crippen LogP contribution in [0.1, 0.15) is 95.4 Å². The lowest BCUT2D eigenvalue weighted by Crippen LogP contribution is -2.40. The fourth-order valence-electron chi connectivity index (χ4n) is 6.61. The third-order valence-electron chi connectivity index (χ3n) is 9.23. The van der Waals surface area contributed by atoms with Gasteiger partial charge in [-0.1, -0.05) is 82.9 Å². The Morgan fingerprint density at radius 2 is 1.64 bits per heavy atom. The van der Waals surface area contributed by atoms with E-state index >= 15 is 0 Å². The lowest BCUT2D eigenvalue weighted by atomic mass is 9.64. The molecular weight excluding hydrogens is 522 g/mol. The number of carbonyl (C=O) groups excluding carboxylic acids is 2. The van der Waals surface area contributed by atoms with Crippen LogP contribution in [0.3, 0.4) is 0 Å². The van der Waals surface area contributed by atoms with E-state index in [1.807, 2.05) is 61.5 Å². The molecule has 0 radical (unpaired) electrons. The minimum Gasteiger partial charge on any atom is -0.317 e. The van der Waals surface area contributed by atoms with Gasteiger partial charge in [-0.3, -0.25) is 10.1 Å². The molecule has 1 aliphatic heterocycles. The Balaban J connectivity index is 1.44. The van der Waals surface area contributed by atoms with Crippen LogP contribution in [0.25, 0.3) is 5.69 Å². The molecule has 2 heterocycles. The number of nitrogens with one attached hydrogen (secondary N) is 3. The molecule has 1 unspecified atom stereocenters. The average Bonchev–Trinajstić information content (AvgIpc) is 3.40. The molecule has 1 saturated carbocycles. The van der Waals surface area contributed by atoms with Crippen molar-refractivity contribution in [2.45, 2.75) is 90.9 Å². The Morgan fingerprint density at radius 3 is 2.31 bits per heavy atom. The van der Waals surface area contributed by atoms with Gasteiger partial charge in [0.05, 0.1) is 11.4 Å². The number of ketones is 1. The monoisotopic (exact) mass is 569 g/mol. The molecule has 5 rings (SSSR count). The number of anilines is 2. The molecule has 2 aliphatic rings. The molecule has 1 aliphatic carbocycles. The van der Waals surface area contributed by atoms with E-state index in [0.29, 0.717) is 17.3 Å². The van der Waals surface area contributed by atoms with E-state index in [1.54, 1.807) is 4.68 Å². The van der Waals surface area contributed by atoms with Crippen molar-refractivity contribution < 1.29 is 9.59 Å². The highest BCUT2D eigenvalue weighted by molar-refractivity contribution is 6.01. The lowest BCUT2D eigenvalue weighted by Gasteiger charge is -2.39. The van der Waals surface area contributed by atoms with Crippen LogP contribution in [-0.2, 0) is 10.2 Å². The highest BCUT2D eigenvalue weighted by atomic mass is 16.2. The highest BCUT2D eigenvalue weighted by Gasteiger charge is 2.43. The second-order valence-corrected chi connectivity index (χ2v) is 13.6. The number of para-hydroxylation sites is 1. The number of carbonyl (C=O) groups is 2. The molecule has 2 fully saturated rings. The Kier molecular flexibility index (Phi) is 8.88. The largest absolute Gasteiger partial charge is 0.324 e. The van der Waals surface area contributed by atoms with Crippen molar-refractivity contribution in [3.8, 4) is 5.69 Å². The second kappa shape index (κ2) is 12.4. The Morgan fingerprint density at radius 1 is 0.976 bits per heavy atom. The van der Waals surface area contributed by atoms with Crippen LogP contribution in [-0.4, -0.2) is 34.7 Å². The fourth-order valence-corrected chi connectivity index (χ4v) is 6.61. The predicted molar refractivity (Wildman–Crippen MR) is 171 cm³/mol. The smallest absolute Gasteiger partial charge is 0.317 e. The topological polar surface area (TPSA) is 88.1 Å². The van der Waals surface area contributed by atoms with Crippen molar-refractivity contribution in [3.63, 3.8) is 0 Å². The van der Waals surface area contributed by atoms with E-state index in [-0.39, 0.29) is 28.7 Å². The summed E-state index contributed by atoms with van der Waals surface area (Å²) in [6.45, 7) is 12.4. The van der Waals surface area contributed by atoms with Gasteiger partial charge in [0.15, 0.2) is 0 Å². The van der Waals surface area contributed by atoms with Crippen LogP contribution in [0.15, 0.2) is 54.6 Å². The van der Waals surface area contributed by atoms with Gasteiger partial charge < -0.3 is 10.6 Å². The maximum atomic E-state index is 14.4. The SMILES string of the molecule is Cc1ccc(-n2nc(C(C)(C)C)cc2NC(=O)Nc2ccccc2C(C(=O)C2(C)CCCCC2)C2CCNCC2)cc1. The number of nitrogens with zero attached hydrogens (tertiary/aromatic N) is 2. The van der Waals surface area contributed by atoms with Gasteiger partial charge in [0.2, 0.25) is 0 Å². The van der Waals surface area contributed by atoms with Gasteiger partial charge in [0, 0.05) is 28.5 Å². The second-order valence-electron chi connectivity index (χ2n) is 13.6. The summed E-state index contributed by atoms with van der Waals surface area (Å²) in [5.74, 6) is 0.952. The van der Waals surface area contributed by atoms with Gasteiger partial charge in [-0.05, 0) is 75.4 Å². The summed E-state index contributed by atoms with van der Waals surface area (Å²) in [7, 11) is 0. The standard InChI is InChI=1S/C35H47N5O2/c1-24-13-15-26(16-14-24)40-30(23-29(39-40)34(2,3)4)38-33(42)37-28-12-8-7-11-27(28)31(25-17-21-36-22-18-25)32(41)35(5)19-9-6-10-20-35/h7-8,11-16,23,25,31,36H,6,9-10,17-22H2,1-5H3,(H2,37,38,42). The molecule has 42 heavy (non-hydrogen) atoms. The van der Waals surface area contributed by atoms with Gasteiger partial charge in [0.1, 0.15) is 11.6 Å². The van der Waals surface area contributed by atoms with Crippen molar-refractivity contribution in [1.82, 2.24) is 15.1 Å². The highest BCUT2D eigenvalue weighted by Crippen LogP contribution is 2.46. The minimum absolute atomic E-state index is 0.187. The first-order chi connectivity index (χ1) is 20.0. The zero-order valence-corrected chi connectivity index (χ0v) is 25.9. The molecule has 7 nitrogen and oxygen atoms in total. The van der Waals surface area contributed by atoms with Crippen LogP contribution >= 0.6 is 0 Å². The van der Waals surface area contributed by atoms with Gasteiger partial charge in [-0.25, -0.2) is 9.48 Å². The maximum absolute atomic E-state index is 14.4. The van der Waals surface area contributed by atoms with Crippen molar-refractivity contribution >= 4 is 23.3 Å². The molecule has 0 bridgehead atoms. The van der Waals surface area contributed by atoms with Gasteiger partial charge >= 0.3 is 6.03 Å². The number of piperidine rings is 1. The third-order valence-corrected chi connectivity index (χ3v) is 9.23. The number of hydrogen-bond acceptors (Lipinski definition) is 4. The zero-order valence-electron chi connectivity index (χ0n) is 25.9. The number of urea groups is 1. The molecule has 0 spiro atoms. The quantitative estimate of drug-likeness (QED) is 0.272. The zero-order chi connectivity index (χ0) is 29.9. The Labute approximate surface area is 250 Å². The normalized spacial score (nSPS) is 18.3. The Bertz CT molecular complexity index is 1390. The number of aromatic nitrogens is 2. The lowest BCUT2D eigenvalue weighted by molar-refractivity contribution is -0.132. The summed E-state index contributed by atoms with van der Waals surface area (Å²) >= 11 is 0. The van der Waals surface area contributed by atoms with E-state index in [1.165, 1.54) is 6.42 Å². The van der Waals surface area contributed by atoms with E-state index < -0.39 is 0 Å². The van der Waals surface area contributed by atoms with Crippen LogP contribution < -0.4 is 16.0 Å². The summed E-state index contributed by atoms with van der Waals surface area (Å²) in [5.41, 5.74) is 4.05. The maximum Gasteiger partial charge on any atom is 0.324 e. The van der Waals surface area contributed by atoms with E-state index in [4.69, 9.17) is 5.10 Å². The molecule has 3 aromatic rings. The van der Waals surface area contributed by atoms with E-state index in [9.17, 15) is 9.59 Å². The number of hydrogen-bond donors (Lipinski definition) is 3. The molecule has 1 saturated heterocycles. The van der Waals surface area contributed by atoms with E-state index in [2.05, 4.69) is 43.6 Å². The predicted octanol–water partition coefficient (Wildman–Crippen LogP) is 7.74. The van der Waals surface area contributed by atoms with Crippen molar-refractivity contribution in [2.75, 3.05) is 23.7 Å². The molecule has 1 aromatic heterocycles. The summed E-state index contributed by atoms with van der Waals surface area (Å²) in [6, 6.07) is 17.6. The van der Waals surface area contributed by atoms with Crippen LogP contribution in [0.5, 0.6) is 0 Å². The van der Waals surface area contributed by atoms with Crippen molar-refractivity contribution in [2.24, 2.45) is 11.3 Å². The third kappa shape index (κ3) is 6.62. The first-order valence-electron chi connectivity index (χ1n) is 15.6. The number of benzene rings is 2. The summed E-state index contributed by atoms with van der Waals surface area (Å²) in [4.78, 5) is 28.0. The summed E-state index contributed by atoms with van der Waals surface area (Å²) in [5, 5.41) is 14.5. The van der Waals surface area contributed by atoms with Crippen molar-refractivity contribution in [1.29, 1.82) is 0 Å². The molecule has 224 valence electrons. The molecule has 7 heteroatoms. The van der Waals surface area contributed by atoms with Crippen LogP contribution in [0, 0.1) is 18.3 Å². The summed E-state index contributed by atoms with van der Waals surface area (Å²) < 4.78 is 1.79. The average molecular weight is 570 g/mol. The van der Waals surface area contributed by atoms with Gasteiger partial charge in [-0.2, -0.15) is 5.10 Å². The number of aryl methyl sites for hydroxylation is 1. The first kappa shape index (κ1) is 30.0. The number of Topliss-reactive ketones (excluding diaryl/α,β-unsaturated/α-hetero) is 1. The first-order valence-corrected chi connectivity index (χ1v) is 15.6. The Hall–Kier alpha value is -3.45.